The van der Waals surface area contributed by atoms with Gasteiger partial charge in [-0.3, -0.25) is 0 Å². The van der Waals surface area contributed by atoms with Crippen molar-refractivity contribution < 1.29 is 0 Å². The minimum Gasteiger partial charge on any atom is -0.372 e. The Hall–Kier alpha value is -0.760. The molecule has 1 aromatic heterocycles. The topological polar surface area (TPSA) is 16.1 Å². The second-order valence-electron chi connectivity index (χ2n) is 2.78. The molecule has 1 aromatic rings. The van der Waals surface area contributed by atoms with Crippen LogP contribution in [0.4, 0.5) is 5.69 Å². The molecule has 0 saturated carbocycles. The van der Waals surface area contributed by atoms with Gasteiger partial charge in [0.25, 0.3) is 0 Å². The highest BCUT2D eigenvalue weighted by molar-refractivity contribution is 6.32. The van der Waals surface area contributed by atoms with Crippen LogP contribution in [0.2, 0.25) is 5.15 Å². The fraction of sp³-hybridized carbons (Fsp3) is 0.375. The minimum atomic E-state index is 0.627. The number of aromatic nitrogens is 1. The zero-order valence-electron chi connectivity index (χ0n) is 6.34. The smallest absolute Gasteiger partial charge is 0.152 e. The van der Waals surface area contributed by atoms with Crippen LogP contribution in [0.25, 0.3) is 0 Å². The summed E-state index contributed by atoms with van der Waals surface area (Å²) in [5.74, 6) is 0. The highest BCUT2D eigenvalue weighted by Gasteiger charge is 2.18. The van der Waals surface area contributed by atoms with Gasteiger partial charge in [0.05, 0.1) is 5.69 Å². The Labute approximate surface area is 70.8 Å². The maximum atomic E-state index is 5.91. The Morgan fingerprint density at radius 1 is 1.64 bits per heavy atom. The molecule has 1 aliphatic rings. The Morgan fingerprint density at radius 3 is 3.18 bits per heavy atom. The van der Waals surface area contributed by atoms with E-state index in [4.69, 9.17) is 11.6 Å². The normalized spacial score (nSPS) is 15.3. The number of likely N-dealkylation sites (N-methyl/N-ethyl adjacent to an activating group) is 1. The number of halogens is 1. The van der Waals surface area contributed by atoms with Gasteiger partial charge in [0, 0.05) is 19.8 Å². The third-order valence-electron chi connectivity index (χ3n) is 2.06. The molecule has 3 heteroatoms. The van der Waals surface area contributed by atoms with Crippen molar-refractivity contribution in [2.24, 2.45) is 0 Å². The fourth-order valence-corrected chi connectivity index (χ4v) is 1.79. The van der Waals surface area contributed by atoms with Crippen LogP contribution in [0.5, 0.6) is 0 Å². The first-order chi connectivity index (χ1) is 5.29. The zero-order valence-corrected chi connectivity index (χ0v) is 7.10. The molecule has 0 aromatic carbocycles. The molecule has 0 aliphatic carbocycles. The SMILES string of the molecule is CN1CCc2ccnc(Cl)c21. The van der Waals surface area contributed by atoms with Crippen LogP contribution < -0.4 is 4.90 Å². The Morgan fingerprint density at radius 2 is 2.45 bits per heavy atom. The summed E-state index contributed by atoms with van der Waals surface area (Å²) in [6.45, 7) is 1.06. The van der Waals surface area contributed by atoms with Crippen LogP contribution in [0.1, 0.15) is 5.56 Å². The van der Waals surface area contributed by atoms with E-state index in [1.54, 1.807) is 6.20 Å². The number of anilines is 1. The van der Waals surface area contributed by atoms with Crippen LogP contribution in [-0.4, -0.2) is 18.6 Å². The molecule has 11 heavy (non-hydrogen) atoms. The van der Waals surface area contributed by atoms with Gasteiger partial charge in [0.2, 0.25) is 0 Å². The van der Waals surface area contributed by atoms with Gasteiger partial charge in [0.1, 0.15) is 0 Å². The van der Waals surface area contributed by atoms with Crippen molar-refractivity contribution in [3.05, 3.63) is 23.0 Å². The lowest BCUT2D eigenvalue weighted by atomic mass is 10.2. The summed E-state index contributed by atoms with van der Waals surface area (Å²) >= 11 is 5.91. The molecule has 2 heterocycles. The van der Waals surface area contributed by atoms with Gasteiger partial charge in [-0.25, -0.2) is 4.98 Å². The summed E-state index contributed by atoms with van der Waals surface area (Å²) in [4.78, 5) is 6.17. The monoisotopic (exact) mass is 168 g/mol. The van der Waals surface area contributed by atoms with Gasteiger partial charge in [0.15, 0.2) is 5.15 Å². The van der Waals surface area contributed by atoms with Crippen molar-refractivity contribution in [1.82, 2.24) is 4.98 Å². The second kappa shape index (κ2) is 2.38. The minimum absolute atomic E-state index is 0.627. The average molecular weight is 169 g/mol. The highest BCUT2D eigenvalue weighted by Crippen LogP contribution is 2.31. The van der Waals surface area contributed by atoms with Crippen molar-refractivity contribution in [3.8, 4) is 0 Å². The third kappa shape index (κ3) is 0.979. The number of rotatable bonds is 0. The quantitative estimate of drug-likeness (QED) is 0.549. The third-order valence-corrected chi connectivity index (χ3v) is 2.34. The number of nitrogens with zero attached hydrogens (tertiary/aromatic N) is 2. The Bertz CT molecular complexity index is 285. The van der Waals surface area contributed by atoms with Gasteiger partial charge in [-0.05, 0) is 18.1 Å². The molecule has 2 nitrogen and oxygen atoms in total. The summed E-state index contributed by atoms with van der Waals surface area (Å²) < 4.78 is 0. The first-order valence-corrected chi connectivity index (χ1v) is 4.01. The lowest BCUT2D eigenvalue weighted by Gasteiger charge is -2.11. The number of pyridine rings is 1. The van der Waals surface area contributed by atoms with E-state index >= 15 is 0 Å². The van der Waals surface area contributed by atoms with Crippen LogP contribution >= 0.6 is 11.6 Å². The largest absolute Gasteiger partial charge is 0.372 e. The van der Waals surface area contributed by atoms with Crippen LogP contribution in [0.15, 0.2) is 12.3 Å². The predicted molar refractivity (Wildman–Crippen MR) is 46.2 cm³/mol. The molecule has 0 fully saturated rings. The van der Waals surface area contributed by atoms with Crippen molar-refractivity contribution in [1.29, 1.82) is 0 Å². The van der Waals surface area contributed by atoms with E-state index in [1.165, 1.54) is 5.56 Å². The molecule has 0 atom stereocenters. The molecule has 0 spiro atoms. The maximum Gasteiger partial charge on any atom is 0.152 e. The number of hydrogen-bond acceptors (Lipinski definition) is 2. The lowest BCUT2D eigenvalue weighted by molar-refractivity contribution is 0.955. The molecule has 0 unspecified atom stereocenters. The summed E-state index contributed by atoms with van der Waals surface area (Å²) in [6, 6.07) is 2.03. The molecule has 0 amide bonds. The summed E-state index contributed by atoms with van der Waals surface area (Å²) in [7, 11) is 2.04. The predicted octanol–water partition coefficient (Wildman–Crippen LogP) is 1.73. The van der Waals surface area contributed by atoms with Gasteiger partial charge in [-0.15, -0.1) is 0 Å². The fourth-order valence-electron chi connectivity index (χ4n) is 1.47. The van der Waals surface area contributed by atoms with Crippen LogP contribution in [-0.2, 0) is 6.42 Å². The van der Waals surface area contributed by atoms with Crippen molar-refractivity contribution in [3.63, 3.8) is 0 Å². The molecule has 2 rings (SSSR count). The van der Waals surface area contributed by atoms with E-state index in [9.17, 15) is 0 Å². The molecular weight excluding hydrogens is 160 g/mol. The molecule has 0 N–H and O–H groups in total. The van der Waals surface area contributed by atoms with E-state index in [2.05, 4.69) is 9.88 Å². The molecule has 0 bridgehead atoms. The molecule has 0 radical (unpaired) electrons. The van der Waals surface area contributed by atoms with E-state index in [0.717, 1.165) is 18.7 Å². The Kier molecular flexibility index (Phi) is 1.50. The average Bonchev–Trinajstić information content (AvgIpc) is 2.34. The van der Waals surface area contributed by atoms with E-state index in [0.29, 0.717) is 5.15 Å². The van der Waals surface area contributed by atoms with Crippen LogP contribution in [0.3, 0.4) is 0 Å². The van der Waals surface area contributed by atoms with Gasteiger partial charge < -0.3 is 4.90 Å². The number of fused-ring (bicyclic) bond motifs is 1. The maximum absolute atomic E-state index is 5.91. The highest BCUT2D eigenvalue weighted by atomic mass is 35.5. The zero-order chi connectivity index (χ0) is 7.84. The standard InChI is InChI=1S/C8H9ClN2/c1-11-5-3-6-2-4-10-8(9)7(6)11/h2,4H,3,5H2,1H3. The van der Waals surface area contributed by atoms with E-state index in [1.807, 2.05) is 13.1 Å². The molecule has 1 aliphatic heterocycles. The first-order valence-electron chi connectivity index (χ1n) is 3.63. The van der Waals surface area contributed by atoms with Crippen molar-refractivity contribution in [2.75, 3.05) is 18.5 Å². The molecular formula is C8H9ClN2. The van der Waals surface area contributed by atoms with Gasteiger partial charge in [-0.1, -0.05) is 11.6 Å². The van der Waals surface area contributed by atoms with Crippen molar-refractivity contribution >= 4 is 17.3 Å². The summed E-state index contributed by atoms with van der Waals surface area (Å²) in [5.41, 5.74) is 2.42. The Balaban J connectivity index is 2.58. The van der Waals surface area contributed by atoms with Gasteiger partial charge in [-0.2, -0.15) is 0 Å². The van der Waals surface area contributed by atoms with Crippen molar-refractivity contribution in [2.45, 2.75) is 6.42 Å². The summed E-state index contributed by atoms with van der Waals surface area (Å²) in [5, 5.41) is 0.627. The molecule has 58 valence electrons. The summed E-state index contributed by atoms with van der Waals surface area (Å²) in [6.07, 6.45) is 2.86. The van der Waals surface area contributed by atoms with E-state index < -0.39 is 0 Å². The second-order valence-corrected chi connectivity index (χ2v) is 3.14. The van der Waals surface area contributed by atoms with Gasteiger partial charge >= 0.3 is 0 Å². The van der Waals surface area contributed by atoms with E-state index in [-0.39, 0.29) is 0 Å². The molecule has 0 saturated heterocycles. The van der Waals surface area contributed by atoms with Crippen LogP contribution in [0, 0.1) is 0 Å². The lowest BCUT2D eigenvalue weighted by Crippen LogP contribution is -2.13. The number of hydrogen-bond donors (Lipinski definition) is 0. The first kappa shape index (κ1) is 6.92.